The highest BCUT2D eigenvalue weighted by atomic mass is 32.2. The fourth-order valence-corrected chi connectivity index (χ4v) is 2.21. The summed E-state index contributed by atoms with van der Waals surface area (Å²) in [6.07, 6.45) is 0. The molecule has 3 N–H and O–H groups in total. The van der Waals surface area contributed by atoms with Gasteiger partial charge in [0.2, 0.25) is 10.0 Å². The molecule has 0 aliphatic rings. The zero-order valence-electron chi connectivity index (χ0n) is 11.0. The van der Waals surface area contributed by atoms with Crippen LogP contribution < -0.4 is 15.2 Å². The molecular formula is C11H15FN2O5S. The Bertz CT molecular complexity index is 603. The molecule has 0 bridgehead atoms. The van der Waals surface area contributed by atoms with Crippen LogP contribution in [0.1, 0.15) is 10.4 Å². The van der Waals surface area contributed by atoms with Crippen LogP contribution in [0.3, 0.4) is 0 Å². The van der Waals surface area contributed by atoms with Crippen LogP contribution in [0.5, 0.6) is 5.75 Å². The van der Waals surface area contributed by atoms with E-state index >= 15 is 0 Å². The fourth-order valence-electron chi connectivity index (χ4n) is 1.48. The van der Waals surface area contributed by atoms with Crippen LogP contribution in [-0.4, -0.2) is 41.7 Å². The van der Waals surface area contributed by atoms with Crippen molar-refractivity contribution in [1.29, 1.82) is 0 Å². The van der Waals surface area contributed by atoms with Gasteiger partial charge >= 0.3 is 0 Å². The molecule has 0 aliphatic carbocycles. The minimum atomic E-state index is -4.22. The number of sulfonamides is 1. The first kappa shape index (κ1) is 16.3. The number of nitrogens with two attached hydrogens (primary N) is 1. The van der Waals surface area contributed by atoms with Crippen LogP contribution in [0, 0.1) is 5.82 Å². The molecule has 1 aromatic rings. The second-order valence-electron chi connectivity index (χ2n) is 3.78. The predicted octanol–water partition coefficient (Wildman–Crippen LogP) is -0.142. The lowest BCUT2D eigenvalue weighted by Crippen LogP contribution is -2.27. The van der Waals surface area contributed by atoms with Gasteiger partial charge in [0.25, 0.3) is 5.91 Å². The summed E-state index contributed by atoms with van der Waals surface area (Å²) in [7, 11) is -1.66. The normalized spacial score (nSPS) is 11.2. The van der Waals surface area contributed by atoms with E-state index in [4.69, 9.17) is 9.88 Å². The lowest BCUT2D eigenvalue weighted by Gasteiger charge is -2.10. The van der Waals surface area contributed by atoms with Gasteiger partial charge in [-0.2, -0.15) is 0 Å². The van der Waals surface area contributed by atoms with E-state index in [1.165, 1.54) is 7.11 Å². The van der Waals surface area contributed by atoms with Crippen molar-refractivity contribution in [3.05, 3.63) is 23.5 Å². The molecule has 9 heteroatoms. The van der Waals surface area contributed by atoms with E-state index in [0.29, 0.717) is 0 Å². The van der Waals surface area contributed by atoms with E-state index < -0.39 is 32.4 Å². The Morgan fingerprint density at radius 3 is 2.55 bits per heavy atom. The molecule has 1 amide bonds. The van der Waals surface area contributed by atoms with Crippen molar-refractivity contribution in [3.63, 3.8) is 0 Å². The number of amides is 1. The molecule has 0 heterocycles. The van der Waals surface area contributed by atoms with E-state index in [9.17, 15) is 17.6 Å². The van der Waals surface area contributed by atoms with Crippen molar-refractivity contribution >= 4 is 15.9 Å². The van der Waals surface area contributed by atoms with Gasteiger partial charge in [-0.1, -0.05) is 0 Å². The van der Waals surface area contributed by atoms with Gasteiger partial charge in [0, 0.05) is 19.2 Å². The number of halogens is 1. The lowest BCUT2D eigenvalue weighted by molar-refractivity contribution is 0.0936. The Balaban J connectivity index is 3.18. The molecule has 0 radical (unpaired) electrons. The van der Waals surface area contributed by atoms with Gasteiger partial charge in [-0.3, -0.25) is 4.79 Å². The third kappa shape index (κ3) is 3.89. The van der Waals surface area contributed by atoms with Crippen molar-refractivity contribution in [1.82, 2.24) is 5.32 Å². The van der Waals surface area contributed by atoms with Gasteiger partial charge < -0.3 is 14.8 Å². The molecule has 0 aliphatic heterocycles. The monoisotopic (exact) mass is 306 g/mol. The molecule has 20 heavy (non-hydrogen) atoms. The number of hydrogen-bond donors (Lipinski definition) is 2. The lowest BCUT2D eigenvalue weighted by atomic mass is 10.2. The Morgan fingerprint density at radius 2 is 2.05 bits per heavy atom. The maximum Gasteiger partial charge on any atom is 0.251 e. The first-order valence-corrected chi connectivity index (χ1v) is 7.03. The molecule has 0 aromatic heterocycles. The van der Waals surface area contributed by atoms with Crippen molar-refractivity contribution in [2.45, 2.75) is 4.90 Å². The van der Waals surface area contributed by atoms with Gasteiger partial charge in [-0.05, 0) is 12.1 Å². The van der Waals surface area contributed by atoms with Gasteiger partial charge in [-0.15, -0.1) is 0 Å². The first-order valence-electron chi connectivity index (χ1n) is 5.48. The van der Waals surface area contributed by atoms with Crippen molar-refractivity contribution in [3.8, 4) is 5.75 Å². The van der Waals surface area contributed by atoms with Crippen LogP contribution in [-0.2, 0) is 14.8 Å². The van der Waals surface area contributed by atoms with E-state index in [1.54, 1.807) is 0 Å². The molecule has 1 rings (SSSR count). The number of hydrogen-bond acceptors (Lipinski definition) is 5. The fraction of sp³-hybridized carbons (Fsp3) is 0.364. The van der Waals surface area contributed by atoms with Crippen molar-refractivity contribution < 1.29 is 27.1 Å². The highest BCUT2D eigenvalue weighted by molar-refractivity contribution is 7.89. The number of carbonyl (C=O) groups excluding carboxylic acids is 1. The standard InChI is InChI=1S/C11H15FN2O5S/c1-18-4-3-14-11(15)7-5-8(12)10(19-2)9(6-7)20(13,16)17/h5-6H,3-4H2,1-2H3,(H,14,15)(H2,13,16,17). The molecular weight excluding hydrogens is 291 g/mol. The maximum atomic E-state index is 13.7. The summed E-state index contributed by atoms with van der Waals surface area (Å²) in [5, 5.41) is 7.40. The second-order valence-corrected chi connectivity index (χ2v) is 5.31. The van der Waals surface area contributed by atoms with Crippen molar-refractivity contribution in [2.24, 2.45) is 5.14 Å². The summed E-state index contributed by atoms with van der Waals surface area (Å²) in [4.78, 5) is 11.2. The zero-order chi connectivity index (χ0) is 15.3. The number of methoxy groups -OCH3 is 2. The van der Waals surface area contributed by atoms with E-state index in [-0.39, 0.29) is 18.7 Å². The highest BCUT2D eigenvalue weighted by Crippen LogP contribution is 2.27. The Hall–Kier alpha value is -1.71. The minimum absolute atomic E-state index is 0.177. The summed E-state index contributed by atoms with van der Waals surface area (Å²) < 4.78 is 45.9. The minimum Gasteiger partial charge on any atom is -0.492 e. The Morgan fingerprint density at radius 1 is 1.40 bits per heavy atom. The molecule has 0 atom stereocenters. The average Bonchev–Trinajstić information content (AvgIpc) is 2.36. The summed E-state index contributed by atoms with van der Waals surface area (Å²) >= 11 is 0. The number of nitrogens with one attached hydrogen (secondary N) is 1. The zero-order valence-corrected chi connectivity index (χ0v) is 11.8. The van der Waals surface area contributed by atoms with Gasteiger partial charge in [0.05, 0.1) is 13.7 Å². The van der Waals surface area contributed by atoms with E-state index in [1.807, 2.05) is 0 Å². The predicted molar refractivity (Wildman–Crippen MR) is 68.5 cm³/mol. The molecule has 112 valence electrons. The quantitative estimate of drug-likeness (QED) is 0.711. The molecule has 0 saturated carbocycles. The average molecular weight is 306 g/mol. The Kier molecular flexibility index (Phi) is 5.43. The maximum absolute atomic E-state index is 13.7. The number of ether oxygens (including phenoxy) is 2. The van der Waals surface area contributed by atoms with Gasteiger partial charge in [0.15, 0.2) is 11.6 Å². The number of benzene rings is 1. The van der Waals surface area contributed by atoms with Crippen LogP contribution in [0.15, 0.2) is 17.0 Å². The van der Waals surface area contributed by atoms with Crippen molar-refractivity contribution in [2.75, 3.05) is 27.4 Å². The summed E-state index contributed by atoms with van der Waals surface area (Å²) in [6, 6.07) is 1.83. The molecule has 7 nitrogen and oxygen atoms in total. The molecule has 1 aromatic carbocycles. The molecule has 0 spiro atoms. The van der Waals surface area contributed by atoms with Crippen LogP contribution in [0.25, 0.3) is 0 Å². The SMILES string of the molecule is COCCNC(=O)c1cc(F)c(OC)c(S(N)(=O)=O)c1. The Labute approximate surface area is 115 Å². The summed E-state index contributed by atoms with van der Waals surface area (Å²) in [5.74, 6) is -2.16. The first-order chi connectivity index (χ1) is 9.31. The van der Waals surface area contributed by atoms with Crippen LogP contribution in [0.2, 0.25) is 0 Å². The number of carbonyl (C=O) groups is 1. The third-order valence-electron chi connectivity index (χ3n) is 2.37. The van der Waals surface area contributed by atoms with E-state index in [0.717, 1.165) is 19.2 Å². The molecule has 0 fully saturated rings. The highest BCUT2D eigenvalue weighted by Gasteiger charge is 2.22. The number of rotatable bonds is 6. The van der Waals surface area contributed by atoms with Crippen LogP contribution in [0.4, 0.5) is 4.39 Å². The molecule has 0 unspecified atom stereocenters. The smallest absolute Gasteiger partial charge is 0.251 e. The summed E-state index contributed by atoms with van der Waals surface area (Å²) in [6.45, 7) is 0.472. The van der Waals surface area contributed by atoms with E-state index in [2.05, 4.69) is 10.1 Å². The van der Waals surface area contributed by atoms with Gasteiger partial charge in [0.1, 0.15) is 4.90 Å². The van der Waals surface area contributed by atoms with Crippen LogP contribution >= 0.6 is 0 Å². The van der Waals surface area contributed by atoms with Gasteiger partial charge in [-0.25, -0.2) is 17.9 Å². The molecule has 0 saturated heterocycles. The second kappa shape index (κ2) is 6.64. The largest absolute Gasteiger partial charge is 0.492 e. The third-order valence-corrected chi connectivity index (χ3v) is 3.29. The summed E-state index contributed by atoms with van der Waals surface area (Å²) in [5.41, 5.74) is -0.177. The topological polar surface area (TPSA) is 108 Å². The number of primary sulfonamides is 1.